The summed E-state index contributed by atoms with van der Waals surface area (Å²) in [7, 11) is 0. The van der Waals surface area contributed by atoms with E-state index in [1.807, 2.05) is 48.7 Å². The monoisotopic (exact) mass is 703 g/mol. The van der Waals surface area contributed by atoms with E-state index in [-0.39, 0.29) is 12.0 Å². The van der Waals surface area contributed by atoms with Gasteiger partial charge in [-0.05, 0) is 84.8 Å². The van der Waals surface area contributed by atoms with Gasteiger partial charge >= 0.3 is 5.97 Å². The summed E-state index contributed by atoms with van der Waals surface area (Å²) >= 11 is 6.71. The molecule has 0 saturated carbocycles. The van der Waals surface area contributed by atoms with Crippen molar-refractivity contribution < 1.29 is 19.7 Å². The summed E-state index contributed by atoms with van der Waals surface area (Å²) in [5, 5.41) is 38.3. The van der Waals surface area contributed by atoms with Gasteiger partial charge in [-0.25, -0.2) is 9.50 Å². The van der Waals surface area contributed by atoms with Gasteiger partial charge in [-0.3, -0.25) is 14.6 Å². The van der Waals surface area contributed by atoms with Crippen molar-refractivity contribution in [2.45, 2.75) is 52.1 Å². The summed E-state index contributed by atoms with van der Waals surface area (Å²) in [5.74, 6) is -0.00738. The number of carboxylic acids is 1. The molecule has 5 heterocycles. The molecule has 2 aromatic heterocycles. The van der Waals surface area contributed by atoms with Gasteiger partial charge < -0.3 is 20.3 Å². The van der Waals surface area contributed by atoms with Crippen molar-refractivity contribution in [1.29, 1.82) is 5.26 Å². The van der Waals surface area contributed by atoms with Crippen LogP contribution in [0.4, 0.5) is 5.69 Å². The van der Waals surface area contributed by atoms with Gasteiger partial charge in [-0.15, -0.1) is 5.10 Å². The lowest BCUT2D eigenvalue weighted by Gasteiger charge is -2.19. The van der Waals surface area contributed by atoms with E-state index >= 15 is 0 Å². The number of hydrogen-bond donors (Lipinski definition) is 3. The summed E-state index contributed by atoms with van der Waals surface area (Å²) in [5.41, 5.74) is 9.78. The van der Waals surface area contributed by atoms with Gasteiger partial charge in [0.2, 0.25) is 0 Å². The maximum atomic E-state index is 11.5. The summed E-state index contributed by atoms with van der Waals surface area (Å²) in [6.07, 6.45) is 2.59. The molecule has 0 spiro atoms. The van der Waals surface area contributed by atoms with Crippen LogP contribution >= 0.6 is 11.6 Å². The number of likely N-dealkylation sites (tertiary alicyclic amines) is 2. The van der Waals surface area contributed by atoms with Crippen LogP contribution in [0.3, 0.4) is 0 Å². The van der Waals surface area contributed by atoms with Crippen molar-refractivity contribution in [3.8, 4) is 34.3 Å². The Bertz CT molecular complexity index is 2230. The van der Waals surface area contributed by atoms with Crippen LogP contribution in [-0.4, -0.2) is 72.9 Å². The van der Waals surface area contributed by atoms with E-state index in [2.05, 4.69) is 47.2 Å². The quantitative estimate of drug-likeness (QED) is 0.172. The Labute approximate surface area is 300 Å². The fourth-order valence-electron chi connectivity index (χ4n) is 7.77. The second-order valence-corrected chi connectivity index (χ2v) is 14.3. The number of benzene rings is 3. The first-order chi connectivity index (χ1) is 24.6. The number of hydrogen-bond acceptors (Lipinski definition) is 9. The van der Waals surface area contributed by atoms with Crippen LogP contribution in [0.25, 0.3) is 28.2 Å². The number of carbonyl (C=O) groups is 1. The van der Waals surface area contributed by atoms with Crippen LogP contribution in [0, 0.1) is 31.1 Å². The fourth-order valence-corrected chi connectivity index (χ4v) is 8.04. The Kier molecular flexibility index (Phi) is 8.64. The van der Waals surface area contributed by atoms with E-state index in [9.17, 15) is 20.3 Å². The number of carboxylic acid groups (broad SMARTS) is 1. The molecule has 5 aromatic rings. The lowest BCUT2D eigenvalue weighted by atomic mass is 9.91. The third-order valence-electron chi connectivity index (χ3n) is 10.4. The molecule has 3 N–H and O–H groups in total. The van der Waals surface area contributed by atoms with Crippen molar-refractivity contribution in [1.82, 2.24) is 24.4 Å². The number of nitrogens with zero attached hydrogens (tertiary/aromatic N) is 6. The van der Waals surface area contributed by atoms with Crippen LogP contribution < -0.4 is 10.1 Å². The largest absolute Gasteiger partial charge is 0.481 e. The molecule has 0 radical (unpaired) electrons. The molecule has 3 aliphatic heterocycles. The first kappa shape index (κ1) is 33.2. The third-order valence-corrected chi connectivity index (χ3v) is 10.7. The van der Waals surface area contributed by atoms with Crippen molar-refractivity contribution in [2.24, 2.45) is 5.92 Å². The van der Waals surface area contributed by atoms with Crippen LogP contribution in [0.1, 0.15) is 52.5 Å². The van der Waals surface area contributed by atoms with Gasteiger partial charge in [0.1, 0.15) is 6.07 Å². The zero-order chi connectivity index (χ0) is 35.4. The molecular formula is C39H38ClN7O4. The molecule has 0 aliphatic carbocycles. The number of nitriles is 1. The Morgan fingerprint density at radius 1 is 1.00 bits per heavy atom. The molecule has 3 aliphatic rings. The summed E-state index contributed by atoms with van der Waals surface area (Å²) < 4.78 is 8.16. The van der Waals surface area contributed by atoms with Crippen LogP contribution in [0.15, 0.2) is 60.8 Å². The fraction of sp³-hybridized carbons (Fsp3) is 0.333. The average Bonchev–Trinajstić information content (AvgIpc) is 3.92. The predicted octanol–water partition coefficient (Wildman–Crippen LogP) is 6.18. The molecule has 11 nitrogen and oxygen atoms in total. The SMILES string of the molecule is Cc1c(-c2nc3c(Cl)cc(CN4CC[C@@H](O)C4)cn3n2)cccc1-c1cccc(C2Nc3cc(CN4CC[C@@H](C(=O)O)C4)cc(C#N)c3O2)c1C. The van der Waals surface area contributed by atoms with Crippen LogP contribution in [0.5, 0.6) is 5.75 Å². The minimum Gasteiger partial charge on any atom is -0.481 e. The molecular weight excluding hydrogens is 666 g/mol. The first-order valence-electron chi connectivity index (χ1n) is 17.3. The Balaban J connectivity index is 1.05. The second kappa shape index (κ2) is 13.3. The molecule has 3 aromatic carbocycles. The number of ether oxygens (including phenoxy) is 1. The zero-order valence-corrected chi connectivity index (χ0v) is 29.2. The molecule has 0 bridgehead atoms. The first-order valence-corrected chi connectivity index (χ1v) is 17.6. The molecule has 2 fully saturated rings. The minimum atomic E-state index is -0.761. The molecule has 1 unspecified atom stereocenters. The van der Waals surface area contributed by atoms with Gasteiger partial charge in [-0.1, -0.05) is 48.0 Å². The predicted molar refractivity (Wildman–Crippen MR) is 193 cm³/mol. The van der Waals surface area contributed by atoms with E-state index in [4.69, 9.17) is 26.4 Å². The van der Waals surface area contributed by atoms with E-state index in [0.29, 0.717) is 67.0 Å². The summed E-state index contributed by atoms with van der Waals surface area (Å²) in [6, 6.07) is 20.4. The van der Waals surface area contributed by atoms with Gasteiger partial charge in [0.25, 0.3) is 0 Å². The number of aliphatic carboxylic acids is 1. The highest BCUT2D eigenvalue weighted by atomic mass is 35.5. The van der Waals surface area contributed by atoms with Gasteiger partial charge in [0.05, 0.1) is 28.3 Å². The normalized spacial score (nSPS) is 20.3. The molecule has 3 atom stereocenters. The standard InChI is InChI=1S/C39H38ClN7O4/c1-22-29(5-3-7-31(22)36-43-37-33(40)14-25(19-47(37)44-36)18-46-12-10-28(48)21-46)30-6-4-8-32(23(30)2)38-42-34-15-24(13-27(16-41)35(34)51-38)17-45-11-9-26(20-45)39(49)50/h3-8,13-15,19,26,28,38,42,48H,9-12,17-18,20-21H2,1-2H3,(H,49,50)/t26-,28-,38?/m1/s1. The maximum absolute atomic E-state index is 11.5. The van der Waals surface area contributed by atoms with E-state index < -0.39 is 12.2 Å². The van der Waals surface area contributed by atoms with Crippen molar-refractivity contribution >= 4 is 28.9 Å². The Morgan fingerprint density at radius 2 is 1.73 bits per heavy atom. The van der Waals surface area contributed by atoms with Crippen molar-refractivity contribution in [2.75, 3.05) is 31.5 Å². The van der Waals surface area contributed by atoms with Crippen molar-refractivity contribution in [3.63, 3.8) is 0 Å². The Hall–Kier alpha value is -4.99. The number of β-amino-alcohol motifs (C(OH)–C–C–N with tert-alkyl or cyclic N) is 1. The van der Waals surface area contributed by atoms with Crippen LogP contribution in [-0.2, 0) is 17.9 Å². The van der Waals surface area contributed by atoms with E-state index in [1.165, 1.54) is 0 Å². The highest BCUT2D eigenvalue weighted by Gasteiger charge is 2.31. The van der Waals surface area contributed by atoms with E-state index in [0.717, 1.165) is 63.2 Å². The molecule has 2 saturated heterocycles. The van der Waals surface area contributed by atoms with Gasteiger partial charge in [-0.2, -0.15) is 5.26 Å². The molecule has 12 heteroatoms. The molecule has 0 amide bonds. The number of aliphatic hydroxyl groups is 1. The van der Waals surface area contributed by atoms with Crippen LogP contribution in [0.2, 0.25) is 5.02 Å². The van der Waals surface area contributed by atoms with Crippen molar-refractivity contribution in [3.05, 3.63) is 99.2 Å². The average molecular weight is 704 g/mol. The number of aliphatic hydroxyl groups excluding tert-OH is 1. The number of pyridine rings is 1. The number of anilines is 1. The van der Waals surface area contributed by atoms with E-state index in [1.54, 1.807) is 4.52 Å². The number of fused-ring (bicyclic) bond motifs is 2. The zero-order valence-electron chi connectivity index (χ0n) is 28.4. The summed E-state index contributed by atoms with van der Waals surface area (Å²) in [6.45, 7) is 8.12. The highest BCUT2D eigenvalue weighted by Crippen LogP contribution is 2.44. The number of aromatic nitrogens is 3. The number of rotatable bonds is 8. The number of nitrogens with one attached hydrogen (secondary N) is 1. The molecule has 8 rings (SSSR count). The highest BCUT2D eigenvalue weighted by molar-refractivity contribution is 6.33. The van der Waals surface area contributed by atoms with Gasteiger partial charge in [0, 0.05) is 50.0 Å². The minimum absolute atomic E-state index is 0.285. The van der Waals surface area contributed by atoms with Gasteiger partial charge in [0.15, 0.2) is 23.4 Å². The lowest BCUT2D eigenvalue weighted by molar-refractivity contribution is -0.141. The smallest absolute Gasteiger partial charge is 0.307 e. The lowest BCUT2D eigenvalue weighted by Crippen LogP contribution is -2.22. The third kappa shape index (κ3) is 6.29. The maximum Gasteiger partial charge on any atom is 0.307 e. The Morgan fingerprint density at radius 3 is 2.47 bits per heavy atom. The number of halogens is 1. The molecule has 260 valence electrons. The second-order valence-electron chi connectivity index (χ2n) is 13.9. The summed E-state index contributed by atoms with van der Waals surface area (Å²) in [4.78, 5) is 20.6. The molecule has 51 heavy (non-hydrogen) atoms. The topological polar surface area (TPSA) is 139 Å².